The topological polar surface area (TPSA) is 95.2 Å². The van der Waals surface area contributed by atoms with Gasteiger partial charge in [0.2, 0.25) is 5.91 Å². The van der Waals surface area contributed by atoms with E-state index in [1.54, 1.807) is 6.07 Å². The number of amides is 2. The Labute approximate surface area is 208 Å². The molecule has 2 aliphatic rings. The van der Waals surface area contributed by atoms with Gasteiger partial charge >= 0.3 is 0 Å². The molecular formula is C27H30N4O3S. The highest BCUT2D eigenvalue weighted by molar-refractivity contribution is 7.17. The molecule has 5 rings (SSSR count). The number of carbonyl (C=O) groups excluding carboxylic acids is 3. The van der Waals surface area contributed by atoms with Gasteiger partial charge in [0, 0.05) is 29.2 Å². The molecule has 2 N–H and O–H groups in total. The number of nitrogens with one attached hydrogen (secondary N) is 2. The molecule has 2 amide bonds. The summed E-state index contributed by atoms with van der Waals surface area (Å²) in [6.07, 6.45) is 8.73. The third kappa shape index (κ3) is 5.37. The summed E-state index contributed by atoms with van der Waals surface area (Å²) in [4.78, 5) is 41.3. The van der Waals surface area contributed by atoms with E-state index in [0.717, 1.165) is 60.9 Å². The molecule has 2 heterocycles. The number of benzene rings is 1. The average molecular weight is 491 g/mol. The van der Waals surface area contributed by atoms with Crippen molar-refractivity contribution in [3.63, 3.8) is 0 Å². The minimum atomic E-state index is -0.261. The molecule has 2 fully saturated rings. The predicted molar refractivity (Wildman–Crippen MR) is 138 cm³/mol. The van der Waals surface area contributed by atoms with E-state index in [0.29, 0.717) is 34.6 Å². The summed E-state index contributed by atoms with van der Waals surface area (Å²) in [6.45, 7) is 2.95. The Morgan fingerprint density at radius 1 is 1.11 bits per heavy atom. The highest BCUT2D eigenvalue weighted by Crippen LogP contribution is 2.40. The fourth-order valence-electron chi connectivity index (χ4n) is 4.72. The predicted octanol–water partition coefficient (Wildman–Crippen LogP) is 5.77. The number of anilines is 2. The number of hydrogen-bond acceptors (Lipinski definition) is 5. The van der Waals surface area contributed by atoms with Crippen LogP contribution < -0.4 is 10.2 Å². The second-order valence-electron chi connectivity index (χ2n) is 9.83. The van der Waals surface area contributed by atoms with Crippen molar-refractivity contribution in [2.75, 3.05) is 16.8 Å². The summed E-state index contributed by atoms with van der Waals surface area (Å²) in [5.74, 6) is 1.17. The van der Waals surface area contributed by atoms with Crippen LogP contribution in [0, 0.1) is 17.8 Å². The van der Waals surface area contributed by atoms with E-state index in [9.17, 15) is 14.4 Å². The number of aromatic amines is 1. The lowest BCUT2D eigenvalue weighted by molar-refractivity contribution is -0.123. The molecule has 35 heavy (non-hydrogen) atoms. The molecule has 0 unspecified atom stereocenters. The molecule has 2 aromatic heterocycles. The van der Waals surface area contributed by atoms with E-state index in [-0.39, 0.29) is 17.7 Å². The van der Waals surface area contributed by atoms with Crippen molar-refractivity contribution in [2.45, 2.75) is 45.4 Å². The number of thiophene rings is 1. The largest absolute Gasteiger partial charge is 0.321 e. The zero-order valence-corrected chi connectivity index (χ0v) is 20.6. The van der Waals surface area contributed by atoms with Crippen molar-refractivity contribution in [1.82, 2.24) is 10.2 Å². The van der Waals surface area contributed by atoms with Crippen LogP contribution in [0.2, 0.25) is 0 Å². The summed E-state index contributed by atoms with van der Waals surface area (Å²) in [5, 5.41) is 9.28. The molecule has 0 spiro atoms. The van der Waals surface area contributed by atoms with Crippen molar-refractivity contribution >= 4 is 40.8 Å². The second-order valence-corrected chi connectivity index (χ2v) is 10.9. The van der Waals surface area contributed by atoms with Crippen molar-refractivity contribution < 1.29 is 14.4 Å². The van der Waals surface area contributed by atoms with Gasteiger partial charge in [0.25, 0.3) is 5.91 Å². The molecular weight excluding hydrogens is 460 g/mol. The number of aldehydes is 1. The van der Waals surface area contributed by atoms with E-state index in [2.05, 4.69) is 22.4 Å². The SMILES string of the molecule is CC1CCC(C(=O)N(CC2CC2)c2cc(-c3ccc(NC(=O)c4ccn[nH]4)cc3)sc2C=O)CC1. The van der Waals surface area contributed by atoms with Gasteiger partial charge in [0.1, 0.15) is 5.69 Å². The van der Waals surface area contributed by atoms with Gasteiger partial charge in [-0.2, -0.15) is 5.10 Å². The first-order chi connectivity index (χ1) is 17.0. The van der Waals surface area contributed by atoms with E-state index in [4.69, 9.17) is 0 Å². The Bertz CT molecular complexity index is 1190. The molecule has 8 heteroatoms. The van der Waals surface area contributed by atoms with E-state index in [1.165, 1.54) is 17.5 Å². The van der Waals surface area contributed by atoms with Crippen molar-refractivity contribution in [2.24, 2.45) is 17.8 Å². The molecule has 0 aliphatic heterocycles. The Morgan fingerprint density at radius 2 is 1.86 bits per heavy atom. The summed E-state index contributed by atoms with van der Waals surface area (Å²) >= 11 is 1.41. The van der Waals surface area contributed by atoms with Gasteiger partial charge in [-0.05, 0) is 80.2 Å². The fraction of sp³-hybridized carbons (Fsp3) is 0.407. The van der Waals surface area contributed by atoms with Crippen LogP contribution in [0.25, 0.3) is 10.4 Å². The van der Waals surface area contributed by atoms with Gasteiger partial charge in [-0.25, -0.2) is 0 Å². The molecule has 1 aromatic carbocycles. The van der Waals surface area contributed by atoms with Crippen LogP contribution in [-0.4, -0.2) is 34.8 Å². The molecule has 3 aromatic rings. The Hall–Kier alpha value is -3.26. The zero-order chi connectivity index (χ0) is 24.4. The molecule has 7 nitrogen and oxygen atoms in total. The van der Waals surface area contributed by atoms with Crippen LogP contribution in [0.1, 0.15) is 65.6 Å². The molecule has 0 radical (unpaired) electrons. The number of H-pyrrole nitrogens is 1. The quantitative estimate of drug-likeness (QED) is 0.392. The fourth-order valence-corrected chi connectivity index (χ4v) is 5.71. The lowest BCUT2D eigenvalue weighted by atomic mass is 9.82. The van der Waals surface area contributed by atoms with E-state index < -0.39 is 0 Å². The summed E-state index contributed by atoms with van der Waals surface area (Å²) in [7, 11) is 0. The smallest absolute Gasteiger partial charge is 0.273 e. The van der Waals surface area contributed by atoms with E-state index in [1.807, 2.05) is 35.2 Å². The standard InChI is InChI=1S/C27H30N4O3S/c1-17-2-6-20(7-3-17)27(34)31(15-18-4-5-18)23-14-24(35-25(23)16-32)19-8-10-21(11-9-19)29-26(33)22-12-13-28-30-22/h8-14,16-18,20H,2-7,15H2,1H3,(H,28,30)(H,29,33). The van der Waals surface area contributed by atoms with Crippen LogP contribution >= 0.6 is 11.3 Å². The van der Waals surface area contributed by atoms with Gasteiger partial charge < -0.3 is 10.2 Å². The van der Waals surface area contributed by atoms with Crippen LogP contribution in [0.4, 0.5) is 11.4 Å². The lowest BCUT2D eigenvalue weighted by Crippen LogP contribution is -2.39. The summed E-state index contributed by atoms with van der Waals surface area (Å²) in [6, 6.07) is 11.1. The zero-order valence-electron chi connectivity index (χ0n) is 19.8. The minimum Gasteiger partial charge on any atom is -0.321 e. The third-order valence-corrected chi connectivity index (χ3v) is 8.18. The average Bonchev–Trinajstić information content (AvgIpc) is 3.34. The van der Waals surface area contributed by atoms with Crippen molar-refractivity contribution in [3.05, 3.63) is 53.2 Å². The Morgan fingerprint density at radius 3 is 2.49 bits per heavy atom. The molecule has 0 bridgehead atoms. The minimum absolute atomic E-state index is 0.0468. The van der Waals surface area contributed by atoms with Crippen LogP contribution in [-0.2, 0) is 4.79 Å². The molecule has 182 valence electrons. The number of rotatable bonds is 8. The van der Waals surface area contributed by atoms with Gasteiger partial charge in [0.05, 0.1) is 10.6 Å². The van der Waals surface area contributed by atoms with Gasteiger partial charge in [-0.3, -0.25) is 19.5 Å². The number of nitrogens with zero attached hydrogens (tertiary/aromatic N) is 2. The monoisotopic (exact) mass is 490 g/mol. The maximum atomic E-state index is 13.6. The number of hydrogen-bond donors (Lipinski definition) is 2. The molecule has 0 saturated heterocycles. The van der Waals surface area contributed by atoms with Gasteiger partial charge in [-0.1, -0.05) is 19.1 Å². The van der Waals surface area contributed by atoms with Crippen LogP contribution in [0.3, 0.4) is 0 Å². The summed E-state index contributed by atoms with van der Waals surface area (Å²) < 4.78 is 0. The maximum Gasteiger partial charge on any atom is 0.273 e. The highest BCUT2D eigenvalue weighted by Gasteiger charge is 2.34. The normalized spacial score (nSPS) is 19.8. The number of carbonyl (C=O) groups is 3. The molecule has 2 aliphatic carbocycles. The number of aromatic nitrogens is 2. The third-order valence-electron chi connectivity index (χ3n) is 7.08. The van der Waals surface area contributed by atoms with Crippen molar-refractivity contribution in [1.29, 1.82) is 0 Å². The first-order valence-corrected chi connectivity index (χ1v) is 13.1. The Kier molecular flexibility index (Phi) is 6.81. The maximum absolute atomic E-state index is 13.6. The van der Waals surface area contributed by atoms with Gasteiger partial charge in [0.15, 0.2) is 6.29 Å². The Balaban J connectivity index is 1.36. The first kappa shape index (κ1) is 23.5. The van der Waals surface area contributed by atoms with Gasteiger partial charge in [-0.15, -0.1) is 11.3 Å². The molecule has 2 saturated carbocycles. The van der Waals surface area contributed by atoms with Crippen LogP contribution in [0.5, 0.6) is 0 Å². The lowest BCUT2D eigenvalue weighted by Gasteiger charge is -2.31. The second kappa shape index (κ2) is 10.2. The van der Waals surface area contributed by atoms with Crippen molar-refractivity contribution in [3.8, 4) is 10.4 Å². The van der Waals surface area contributed by atoms with Crippen LogP contribution in [0.15, 0.2) is 42.6 Å². The van der Waals surface area contributed by atoms with E-state index >= 15 is 0 Å². The first-order valence-electron chi connectivity index (χ1n) is 12.3. The highest BCUT2D eigenvalue weighted by atomic mass is 32.1. The molecule has 0 atom stereocenters. The summed E-state index contributed by atoms with van der Waals surface area (Å²) in [5.41, 5.74) is 2.74.